The van der Waals surface area contributed by atoms with Crippen LogP contribution in [-0.4, -0.2) is 83.1 Å². The number of fused-ring (bicyclic) bond motifs is 1. The van der Waals surface area contributed by atoms with Crippen LogP contribution in [0.15, 0.2) is 60.0 Å². The standard InChI is InChI=1S/C28H33F3N6O6S/c1-17-12-37(18(2)15-38)26(39)21-6-5-7-22(34-27(40)33-20-10-8-19(9-11-20)28(29,30)31)25(21)43-23(17)13-36(4)44(41,42)24-14-35(3)16-32-24/h5-11,14,16-18,23,38H,12-13,15H2,1-4H3,(H2,33,34,40)/t17-,18+,23+/m0/s1. The molecule has 3 aromatic rings. The number of carbonyl (C=O) groups is 2. The molecule has 44 heavy (non-hydrogen) atoms. The lowest BCUT2D eigenvalue weighted by atomic mass is 9.99. The van der Waals surface area contributed by atoms with Crippen LogP contribution in [0.1, 0.15) is 29.8 Å². The molecule has 0 bridgehead atoms. The zero-order chi connectivity index (χ0) is 32.4. The molecule has 0 aliphatic carbocycles. The maximum Gasteiger partial charge on any atom is 0.416 e. The van der Waals surface area contributed by atoms with Crippen molar-refractivity contribution in [1.29, 1.82) is 0 Å². The van der Waals surface area contributed by atoms with E-state index in [1.807, 2.05) is 0 Å². The van der Waals surface area contributed by atoms with Crippen LogP contribution in [0, 0.1) is 5.92 Å². The second-order valence-corrected chi connectivity index (χ2v) is 12.6. The molecule has 0 spiro atoms. The van der Waals surface area contributed by atoms with Gasteiger partial charge in [0.05, 0.1) is 42.3 Å². The number of imidazole rings is 1. The normalized spacial score (nSPS) is 18.2. The molecular formula is C28H33F3N6O6S. The number of aliphatic hydroxyl groups is 1. The third-order valence-corrected chi connectivity index (χ3v) is 8.91. The Balaban J connectivity index is 1.65. The molecule has 1 aliphatic rings. The number of carbonyl (C=O) groups excluding carboxylic acids is 2. The van der Waals surface area contributed by atoms with Gasteiger partial charge >= 0.3 is 12.2 Å². The number of para-hydroxylation sites is 1. The molecule has 0 saturated carbocycles. The number of sulfonamides is 1. The summed E-state index contributed by atoms with van der Waals surface area (Å²) >= 11 is 0. The maximum absolute atomic E-state index is 13.7. The molecule has 1 aromatic heterocycles. The van der Waals surface area contributed by atoms with Gasteiger partial charge in [0, 0.05) is 38.4 Å². The summed E-state index contributed by atoms with van der Waals surface area (Å²) in [5.41, 5.74) is -0.672. The number of ether oxygens (including phenoxy) is 1. The van der Waals surface area contributed by atoms with Crippen LogP contribution < -0.4 is 15.4 Å². The van der Waals surface area contributed by atoms with Gasteiger partial charge in [-0.3, -0.25) is 4.79 Å². The highest BCUT2D eigenvalue weighted by molar-refractivity contribution is 7.89. The molecule has 0 saturated heterocycles. The van der Waals surface area contributed by atoms with Crippen LogP contribution in [0.3, 0.4) is 0 Å². The molecule has 4 rings (SSSR count). The summed E-state index contributed by atoms with van der Waals surface area (Å²) < 4.78 is 74.1. The number of likely N-dealkylation sites (N-methyl/N-ethyl adjacent to an activating group) is 1. The Hall–Kier alpha value is -4.15. The Kier molecular flexibility index (Phi) is 9.56. The summed E-state index contributed by atoms with van der Waals surface area (Å²) in [4.78, 5) is 31.9. The van der Waals surface area contributed by atoms with Gasteiger partial charge in [0.2, 0.25) is 0 Å². The fraction of sp³-hybridized carbons (Fsp3) is 0.393. The van der Waals surface area contributed by atoms with Crippen molar-refractivity contribution in [2.75, 3.05) is 37.4 Å². The fourth-order valence-corrected chi connectivity index (χ4v) is 5.76. The third-order valence-electron chi connectivity index (χ3n) is 7.20. The Morgan fingerprint density at radius 1 is 1.20 bits per heavy atom. The average molecular weight is 639 g/mol. The molecule has 12 nitrogen and oxygen atoms in total. The van der Waals surface area contributed by atoms with Crippen molar-refractivity contribution in [3.63, 3.8) is 0 Å². The summed E-state index contributed by atoms with van der Waals surface area (Å²) in [6.45, 7) is 3.09. The number of urea groups is 1. The molecular weight excluding hydrogens is 605 g/mol. The van der Waals surface area contributed by atoms with E-state index >= 15 is 0 Å². The molecule has 238 valence electrons. The summed E-state index contributed by atoms with van der Waals surface area (Å²) in [5, 5.41) is 14.7. The van der Waals surface area contributed by atoms with Gasteiger partial charge in [-0.05, 0) is 43.3 Å². The smallest absolute Gasteiger partial charge is 0.416 e. The number of benzene rings is 2. The first-order chi connectivity index (χ1) is 20.6. The highest BCUT2D eigenvalue weighted by atomic mass is 32.2. The van der Waals surface area contributed by atoms with Crippen LogP contribution in [-0.2, 0) is 23.2 Å². The lowest BCUT2D eigenvalue weighted by molar-refractivity contribution is -0.137. The van der Waals surface area contributed by atoms with Crippen molar-refractivity contribution in [2.24, 2.45) is 13.0 Å². The molecule has 1 aliphatic heterocycles. The largest absolute Gasteiger partial charge is 0.486 e. The number of anilines is 2. The van der Waals surface area contributed by atoms with E-state index in [1.54, 1.807) is 20.9 Å². The fourth-order valence-electron chi connectivity index (χ4n) is 4.62. The average Bonchev–Trinajstić information content (AvgIpc) is 3.41. The molecule has 2 aromatic carbocycles. The number of aliphatic hydroxyl groups excluding tert-OH is 1. The lowest BCUT2D eigenvalue weighted by Crippen LogP contribution is -2.50. The first kappa shape index (κ1) is 32.8. The van der Waals surface area contributed by atoms with E-state index in [-0.39, 0.29) is 47.4 Å². The van der Waals surface area contributed by atoms with Crippen LogP contribution in [0.4, 0.5) is 29.3 Å². The second kappa shape index (κ2) is 12.8. The highest BCUT2D eigenvalue weighted by Gasteiger charge is 2.37. The highest BCUT2D eigenvalue weighted by Crippen LogP contribution is 2.35. The van der Waals surface area contributed by atoms with Gasteiger partial charge in [0.1, 0.15) is 6.10 Å². The van der Waals surface area contributed by atoms with Gasteiger partial charge in [-0.1, -0.05) is 13.0 Å². The molecule has 3 amide bonds. The minimum absolute atomic E-state index is 0.0320. The summed E-state index contributed by atoms with van der Waals surface area (Å²) in [6, 6.07) is 6.89. The quantitative estimate of drug-likeness (QED) is 0.342. The van der Waals surface area contributed by atoms with Crippen LogP contribution in [0.25, 0.3) is 0 Å². The number of nitrogens with one attached hydrogen (secondary N) is 2. The Bertz CT molecular complexity index is 1610. The third kappa shape index (κ3) is 7.14. The minimum atomic E-state index is -4.54. The number of alkyl halides is 3. The van der Waals surface area contributed by atoms with Gasteiger partial charge in [-0.2, -0.15) is 17.5 Å². The SMILES string of the molecule is C[C@H](CO)N1C[C@H](C)[C@@H](CN(C)S(=O)(=O)c2cn(C)cn2)Oc2c(NC(=O)Nc3ccc(C(F)(F)F)cc3)cccc2C1=O. The van der Waals surface area contributed by atoms with E-state index in [1.165, 1.54) is 47.2 Å². The van der Waals surface area contributed by atoms with E-state index in [2.05, 4.69) is 15.6 Å². The zero-order valence-corrected chi connectivity index (χ0v) is 25.2. The zero-order valence-electron chi connectivity index (χ0n) is 24.4. The number of hydrogen-bond acceptors (Lipinski definition) is 7. The van der Waals surface area contributed by atoms with Crippen molar-refractivity contribution in [2.45, 2.75) is 37.2 Å². The summed E-state index contributed by atoms with van der Waals surface area (Å²) in [7, 11) is -0.996. The number of aryl methyl sites for hydroxylation is 1. The number of hydrogen-bond donors (Lipinski definition) is 3. The number of aromatic nitrogens is 2. The Labute approximate surface area is 252 Å². The van der Waals surface area contributed by atoms with Crippen molar-refractivity contribution in [1.82, 2.24) is 18.8 Å². The predicted octanol–water partition coefficient (Wildman–Crippen LogP) is 3.62. The van der Waals surface area contributed by atoms with Gasteiger partial charge in [-0.25, -0.2) is 18.2 Å². The predicted molar refractivity (Wildman–Crippen MR) is 155 cm³/mol. The van der Waals surface area contributed by atoms with Gasteiger partial charge < -0.3 is 29.9 Å². The van der Waals surface area contributed by atoms with Crippen LogP contribution >= 0.6 is 0 Å². The second-order valence-electron chi connectivity index (χ2n) is 10.6. The molecule has 3 N–H and O–H groups in total. The van der Waals surface area contributed by atoms with Crippen molar-refractivity contribution >= 4 is 33.3 Å². The number of amides is 3. The van der Waals surface area contributed by atoms with Crippen molar-refractivity contribution in [3.8, 4) is 5.75 Å². The Morgan fingerprint density at radius 3 is 2.48 bits per heavy atom. The molecule has 2 heterocycles. The van der Waals surface area contributed by atoms with Gasteiger partial charge in [0.25, 0.3) is 15.9 Å². The van der Waals surface area contributed by atoms with Crippen molar-refractivity contribution in [3.05, 3.63) is 66.1 Å². The summed E-state index contributed by atoms with van der Waals surface area (Å²) in [6.07, 6.45) is -2.64. The molecule has 0 unspecified atom stereocenters. The molecule has 0 radical (unpaired) electrons. The Morgan fingerprint density at radius 2 is 1.89 bits per heavy atom. The number of nitrogens with zero attached hydrogens (tertiary/aromatic N) is 4. The summed E-state index contributed by atoms with van der Waals surface area (Å²) in [5.74, 6) is -0.958. The number of rotatable bonds is 8. The van der Waals surface area contributed by atoms with E-state index in [9.17, 15) is 36.3 Å². The lowest BCUT2D eigenvalue weighted by Gasteiger charge is -2.38. The van der Waals surface area contributed by atoms with Crippen LogP contribution in [0.5, 0.6) is 5.75 Å². The molecule has 3 atom stereocenters. The van der Waals surface area contributed by atoms with Crippen molar-refractivity contribution < 1.29 is 41.0 Å². The first-order valence-corrected chi connectivity index (χ1v) is 15.0. The van der Waals surface area contributed by atoms with E-state index < -0.39 is 51.8 Å². The van der Waals surface area contributed by atoms with Gasteiger partial charge in [0.15, 0.2) is 10.8 Å². The number of halogens is 3. The van der Waals surface area contributed by atoms with E-state index in [0.29, 0.717) is 0 Å². The van der Waals surface area contributed by atoms with Crippen LogP contribution in [0.2, 0.25) is 0 Å². The minimum Gasteiger partial charge on any atom is -0.486 e. The van der Waals surface area contributed by atoms with E-state index in [0.717, 1.165) is 28.6 Å². The van der Waals surface area contributed by atoms with Gasteiger partial charge in [-0.15, -0.1) is 0 Å². The van der Waals surface area contributed by atoms with E-state index in [4.69, 9.17) is 4.74 Å². The molecule has 16 heteroatoms. The first-order valence-electron chi connectivity index (χ1n) is 13.5. The molecule has 0 fully saturated rings. The maximum atomic E-state index is 13.7. The monoisotopic (exact) mass is 638 g/mol. The topological polar surface area (TPSA) is 146 Å².